The van der Waals surface area contributed by atoms with E-state index in [0.717, 1.165) is 130 Å². The predicted octanol–water partition coefficient (Wildman–Crippen LogP) is 29.6. The highest BCUT2D eigenvalue weighted by Crippen LogP contribution is 2.54. The van der Waals surface area contributed by atoms with E-state index in [9.17, 15) is 0 Å². The maximum atomic E-state index is 2.70. The Hall–Kier alpha value is -13.9. The quantitative estimate of drug-likeness (QED) is 0.114. The van der Waals surface area contributed by atoms with Crippen LogP contribution in [0.2, 0.25) is 0 Å². The Morgan fingerprint density at radius 3 is 0.902 bits per heavy atom. The van der Waals surface area contributed by atoms with Crippen molar-refractivity contribution < 1.29 is 0 Å². The van der Waals surface area contributed by atoms with Crippen molar-refractivity contribution in [3.05, 3.63) is 398 Å². The van der Waals surface area contributed by atoms with Crippen molar-refractivity contribution in [2.75, 3.05) is 9.80 Å². The van der Waals surface area contributed by atoms with E-state index in [1.807, 2.05) is 0 Å². The van der Waals surface area contributed by atoms with Gasteiger partial charge in [0.1, 0.15) is 0 Å². The second-order valence-corrected chi connectivity index (χ2v) is 37.7. The number of anilines is 6. The van der Waals surface area contributed by atoms with Crippen LogP contribution in [0, 0.1) is 0 Å². The van der Waals surface area contributed by atoms with Crippen LogP contribution in [-0.4, -0.2) is 20.4 Å². The lowest BCUT2D eigenvalue weighted by Crippen LogP contribution is -2.61. The molecule has 0 saturated heterocycles. The summed E-state index contributed by atoms with van der Waals surface area (Å²) in [4.78, 5) is 5.41. The van der Waals surface area contributed by atoms with Gasteiger partial charge in [-0.1, -0.05) is 380 Å². The summed E-state index contributed by atoms with van der Waals surface area (Å²) in [5, 5.41) is 7.14. The molecule has 590 valence electrons. The topological polar surface area (TPSA) is 21.3 Å². The van der Waals surface area contributed by atoms with E-state index in [4.69, 9.17) is 0 Å². The van der Waals surface area contributed by atoms with Crippen LogP contribution >= 0.6 is 0 Å². The number of nitrogens with zero attached hydrogens (tertiary/aromatic N) is 5. The van der Waals surface area contributed by atoms with Gasteiger partial charge in [0.25, 0.3) is 6.71 Å². The van der Waals surface area contributed by atoms with Crippen molar-refractivity contribution in [2.45, 2.75) is 105 Å². The Bertz CT molecular complexity index is 6770. The third-order valence-corrected chi connectivity index (χ3v) is 25.8. The molecule has 0 radical (unpaired) electrons. The molecule has 0 atom stereocenters. The molecule has 21 rings (SSSR count). The summed E-state index contributed by atoms with van der Waals surface area (Å²) in [6.45, 7) is 28.0. The molecule has 0 saturated carbocycles. The predicted molar refractivity (Wildman–Crippen MR) is 521 cm³/mol. The molecule has 0 amide bonds. The lowest BCUT2D eigenvalue weighted by atomic mass is 9.33. The normalized spacial score (nSPS) is 12.9. The number of hydrogen-bond acceptors (Lipinski definition) is 2. The van der Waals surface area contributed by atoms with E-state index < -0.39 is 0 Å². The second kappa shape index (κ2) is 28.9. The lowest BCUT2D eigenvalue weighted by molar-refractivity contribution is 0.568. The van der Waals surface area contributed by atoms with Crippen LogP contribution < -0.4 is 26.2 Å². The molecule has 0 bridgehead atoms. The summed E-state index contributed by atoms with van der Waals surface area (Å²) in [6, 6.07) is 143. The van der Waals surface area contributed by atoms with Crippen LogP contribution in [0.3, 0.4) is 0 Å². The van der Waals surface area contributed by atoms with Gasteiger partial charge in [-0.25, -0.2) is 0 Å². The number of para-hydroxylation sites is 4. The highest BCUT2D eigenvalue weighted by atomic mass is 15.2. The molecule has 6 heteroatoms. The van der Waals surface area contributed by atoms with Crippen LogP contribution in [0.4, 0.5) is 34.1 Å². The molecule has 0 aliphatic carbocycles. The molecule has 0 unspecified atom stereocenters. The molecule has 122 heavy (non-hydrogen) atoms. The molecular weight excluding hydrogens is 1470 g/mol. The molecule has 3 aromatic heterocycles. The lowest BCUT2D eigenvalue weighted by Gasteiger charge is -2.45. The molecule has 2 aliphatic rings. The average Bonchev–Trinajstić information content (AvgIpc) is 1.05. The van der Waals surface area contributed by atoms with Gasteiger partial charge in [-0.15, -0.1) is 0 Å². The number of fused-ring (bicyclic) bond motifs is 9. The molecule has 0 spiro atoms. The summed E-state index contributed by atoms with van der Waals surface area (Å²) < 4.78 is 7.60. The SMILES string of the molecule is CC(C)(C)c1cc(-c2ccccc2N2c3cc(-n4c(-c5ccccc5)c5ccccc5c4-c4ccccc4)ccc3B3c4ccc(-n5c(-c6ccccc6)c6ccccc6c5-c5ccccc5)cc4N(c4ccccc4-c4cc(C(C)(C)C)cc(C(C)(C)C)c4)c4cc(-c5ccc6c(c5)c5ccccc5n6-c5ccccc5)cc2c43)cc(C(C)(C)C)c1. The van der Waals surface area contributed by atoms with Gasteiger partial charge in [-0.05, 0) is 184 Å². The maximum absolute atomic E-state index is 2.70. The Balaban J connectivity index is 0.937. The minimum absolute atomic E-state index is 0.156. The first-order valence-corrected chi connectivity index (χ1v) is 43.2. The van der Waals surface area contributed by atoms with E-state index in [1.54, 1.807) is 0 Å². The maximum Gasteiger partial charge on any atom is 0.252 e. The first-order chi connectivity index (χ1) is 59.1. The van der Waals surface area contributed by atoms with E-state index in [1.165, 1.54) is 82.1 Å². The van der Waals surface area contributed by atoms with Gasteiger partial charge in [-0.3, -0.25) is 0 Å². The minimum atomic E-state index is -0.314. The first-order valence-electron chi connectivity index (χ1n) is 43.2. The fourth-order valence-electron chi connectivity index (χ4n) is 19.6. The second-order valence-electron chi connectivity index (χ2n) is 37.7. The van der Waals surface area contributed by atoms with Crippen molar-refractivity contribution in [1.29, 1.82) is 0 Å². The summed E-state index contributed by atoms with van der Waals surface area (Å²) in [5.74, 6) is 0. The number of rotatable bonds is 12. The molecule has 0 fully saturated rings. The van der Waals surface area contributed by atoms with Crippen LogP contribution in [0.15, 0.2) is 376 Å². The number of aromatic nitrogens is 3. The summed E-state index contributed by atoms with van der Waals surface area (Å²) in [6.07, 6.45) is 0. The Morgan fingerprint density at radius 1 is 0.197 bits per heavy atom. The summed E-state index contributed by atoms with van der Waals surface area (Å²) in [5.41, 5.74) is 36.3. The molecule has 0 N–H and O–H groups in total. The molecule has 5 heterocycles. The molecule has 19 aromatic rings. The fourth-order valence-corrected chi connectivity index (χ4v) is 19.6. The molecule has 5 nitrogen and oxygen atoms in total. The third-order valence-electron chi connectivity index (χ3n) is 25.8. The van der Waals surface area contributed by atoms with Crippen molar-refractivity contribution in [3.8, 4) is 95.5 Å². The van der Waals surface area contributed by atoms with Crippen molar-refractivity contribution in [1.82, 2.24) is 13.7 Å². The van der Waals surface area contributed by atoms with Crippen LogP contribution in [0.5, 0.6) is 0 Å². The van der Waals surface area contributed by atoms with Gasteiger partial charge >= 0.3 is 0 Å². The molecule has 16 aromatic carbocycles. The van der Waals surface area contributed by atoms with Gasteiger partial charge in [0.15, 0.2) is 0 Å². The summed E-state index contributed by atoms with van der Waals surface area (Å²) >= 11 is 0. The van der Waals surface area contributed by atoms with Gasteiger partial charge < -0.3 is 23.5 Å². The highest BCUT2D eigenvalue weighted by molar-refractivity contribution is 7.00. The number of hydrogen-bond donors (Lipinski definition) is 0. The molecule has 2 aliphatic heterocycles. The largest absolute Gasteiger partial charge is 0.311 e. The van der Waals surface area contributed by atoms with Crippen molar-refractivity contribution >= 4 is 101 Å². The van der Waals surface area contributed by atoms with E-state index >= 15 is 0 Å². The van der Waals surface area contributed by atoms with E-state index in [0.29, 0.717) is 0 Å². The Morgan fingerprint density at radius 2 is 0.525 bits per heavy atom. The third kappa shape index (κ3) is 12.7. The first kappa shape index (κ1) is 75.5. The zero-order chi connectivity index (χ0) is 83.2. The van der Waals surface area contributed by atoms with Crippen LogP contribution in [-0.2, 0) is 21.7 Å². The number of benzene rings is 16. The Labute approximate surface area is 717 Å². The summed E-state index contributed by atoms with van der Waals surface area (Å²) in [7, 11) is 0. The zero-order valence-electron chi connectivity index (χ0n) is 71.6. The van der Waals surface area contributed by atoms with Crippen LogP contribution in [0.1, 0.15) is 105 Å². The zero-order valence-corrected chi connectivity index (χ0v) is 71.6. The highest BCUT2D eigenvalue weighted by Gasteiger charge is 2.46. The van der Waals surface area contributed by atoms with Gasteiger partial charge in [0.05, 0.1) is 45.2 Å². The Kier molecular flexibility index (Phi) is 17.9. The van der Waals surface area contributed by atoms with Crippen molar-refractivity contribution in [3.63, 3.8) is 0 Å². The van der Waals surface area contributed by atoms with Crippen molar-refractivity contribution in [2.24, 2.45) is 0 Å². The van der Waals surface area contributed by atoms with E-state index in [-0.39, 0.29) is 28.4 Å². The smallest absolute Gasteiger partial charge is 0.252 e. The standard InChI is InChI=1S/C116H98BN5/c1-113(2,3)83-64-81(65-84(71-83)114(4,5)6)90-48-32-35-55-100(90)121-104-73-88(119-109(75-38-18-13-19-39-75)93-51-28-29-52-94(93)110(119)76-40-20-14-21-41-76)59-61-98(104)117-99-62-60-89(120-111(77-42-22-15-23-43-77)95-53-30-31-54-96(95)112(120)78-44-24-16-25-45-78)74-105(99)122(101-56-36-33-49-91(101)82-66-85(115(7,8)9)72-86(67-82)116(10,11)12)107-70-80(69-106(121)108(107)117)79-58-63-103-97(68-79)92-50-34-37-57-102(92)118(103)87-46-26-17-27-47-87/h13-74H,1-12H3. The van der Waals surface area contributed by atoms with Crippen LogP contribution in [0.25, 0.3) is 139 Å². The van der Waals surface area contributed by atoms with Gasteiger partial charge in [-0.2, -0.15) is 0 Å². The van der Waals surface area contributed by atoms with E-state index in [2.05, 4.69) is 483 Å². The average molecular weight is 1570 g/mol. The minimum Gasteiger partial charge on any atom is -0.311 e. The monoisotopic (exact) mass is 1570 g/mol. The van der Waals surface area contributed by atoms with Gasteiger partial charge in [0.2, 0.25) is 0 Å². The van der Waals surface area contributed by atoms with Gasteiger partial charge in [0, 0.05) is 83.3 Å². The molecular formula is C116H98BN5. The fraction of sp³-hybridized carbons (Fsp3) is 0.138.